The lowest BCUT2D eigenvalue weighted by Gasteiger charge is -2.24. The third kappa shape index (κ3) is 3.44. The Kier molecular flexibility index (Phi) is 3.49. The highest BCUT2D eigenvalue weighted by Gasteiger charge is 2.39. The van der Waals surface area contributed by atoms with Crippen LogP contribution >= 0.6 is 0 Å². The molecule has 1 fully saturated rings. The summed E-state index contributed by atoms with van der Waals surface area (Å²) in [5.41, 5.74) is -0.738. The quantitative estimate of drug-likeness (QED) is 0.865. The first-order valence-electron chi connectivity index (χ1n) is 5.84. The van der Waals surface area contributed by atoms with E-state index in [4.69, 9.17) is 0 Å². The second-order valence-corrected chi connectivity index (χ2v) is 7.15. The molecule has 1 aromatic carbocycles. The Morgan fingerprint density at radius 3 is 2.63 bits per heavy atom. The van der Waals surface area contributed by atoms with Crippen LogP contribution in [-0.2, 0) is 9.84 Å². The van der Waals surface area contributed by atoms with Gasteiger partial charge in [0.1, 0.15) is 5.82 Å². The van der Waals surface area contributed by atoms with Crippen LogP contribution in [0.5, 0.6) is 0 Å². The highest BCUT2D eigenvalue weighted by Crippen LogP contribution is 2.23. The van der Waals surface area contributed by atoms with Crippen LogP contribution in [0.15, 0.2) is 24.3 Å². The Bertz CT molecular complexity index is 603. The van der Waals surface area contributed by atoms with E-state index in [2.05, 4.69) is 10.6 Å². The molecular formula is C12H15FN2O3S. The third-order valence-corrected chi connectivity index (χ3v) is 4.94. The van der Waals surface area contributed by atoms with Gasteiger partial charge in [-0.3, -0.25) is 0 Å². The molecule has 1 saturated heterocycles. The lowest BCUT2D eigenvalue weighted by Crippen LogP contribution is -2.48. The molecule has 1 aliphatic heterocycles. The fourth-order valence-electron chi connectivity index (χ4n) is 2.10. The van der Waals surface area contributed by atoms with Crippen molar-refractivity contribution in [3.63, 3.8) is 0 Å². The van der Waals surface area contributed by atoms with Gasteiger partial charge in [-0.2, -0.15) is 0 Å². The molecule has 2 N–H and O–H groups in total. The molecule has 0 spiro atoms. The summed E-state index contributed by atoms with van der Waals surface area (Å²) in [7, 11) is -3.10. The fraction of sp³-hybridized carbons (Fsp3) is 0.417. The Balaban J connectivity index is 2.01. The number of urea groups is 1. The average Bonchev–Trinajstić information content (AvgIpc) is 2.56. The van der Waals surface area contributed by atoms with E-state index in [1.807, 2.05) is 0 Å². The van der Waals surface area contributed by atoms with Gasteiger partial charge in [-0.15, -0.1) is 0 Å². The standard InChI is InChI=1S/C12H15FN2O3S/c1-12(6-7-19(17,18)8-12)15-11(16)14-10-5-3-2-4-9(10)13/h2-5H,6-8H2,1H3,(H2,14,15,16). The minimum atomic E-state index is -3.10. The van der Waals surface area contributed by atoms with Crippen LogP contribution in [0.25, 0.3) is 0 Å². The molecule has 19 heavy (non-hydrogen) atoms. The maximum absolute atomic E-state index is 13.3. The van der Waals surface area contributed by atoms with Crippen LogP contribution in [0.4, 0.5) is 14.9 Å². The first-order chi connectivity index (χ1) is 8.80. The van der Waals surface area contributed by atoms with Gasteiger partial charge in [-0.25, -0.2) is 17.6 Å². The van der Waals surface area contributed by atoms with Gasteiger partial charge < -0.3 is 10.6 Å². The van der Waals surface area contributed by atoms with E-state index in [-0.39, 0.29) is 17.2 Å². The van der Waals surface area contributed by atoms with E-state index in [0.29, 0.717) is 6.42 Å². The largest absolute Gasteiger partial charge is 0.332 e. The molecule has 1 atom stereocenters. The summed E-state index contributed by atoms with van der Waals surface area (Å²) < 4.78 is 36.2. The summed E-state index contributed by atoms with van der Waals surface area (Å²) in [5.74, 6) is -0.574. The zero-order valence-corrected chi connectivity index (χ0v) is 11.3. The van der Waals surface area contributed by atoms with Gasteiger partial charge in [0, 0.05) is 0 Å². The molecule has 1 unspecified atom stereocenters. The van der Waals surface area contributed by atoms with Crippen molar-refractivity contribution in [2.75, 3.05) is 16.8 Å². The summed E-state index contributed by atoms with van der Waals surface area (Å²) in [5, 5.41) is 4.96. The summed E-state index contributed by atoms with van der Waals surface area (Å²) in [6, 6.07) is 5.17. The maximum atomic E-state index is 13.3. The van der Waals surface area contributed by atoms with Crippen molar-refractivity contribution < 1.29 is 17.6 Å². The van der Waals surface area contributed by atoms with E-state index >= 15 is 0 Å². The maximum Gasteiger partial charge on any atom is 0.319 e. The van der Waals surface area contributed by atoms with Crippen LogP contribution in [0.1, 0.15) is 13.3 Å². The first kappa shape index (κ1) is 13.8. The number of halogens is 1. The summed E-state index contributed by atoms with van der Waals surface area (Å²) >= 11 is 0. The van der Waals surface area contributed by atoms with Crippen molar-refractivity contribution >= 4 is 21.6 Å². The van der Waals surface area contributed by atoms with E-state index in [9.17, 15) is 17.6 Å². The Morgan fingerprint density at radius 1 is 1.37 bits per heavy atom. The van der Waals surface area contributed by atoms with Crippen molar-refractivity contribution in [3.05, 3.63) is 30.1 Å². The van der Waals surface area contributed by atoms with E-state index in [0.717, 1.165) is 0 Å². The van der Waals surface area contributed by atoms with Gasteiger partial charge in [0.25, 0.3) is 0 Å². The number of carbonyl (C=O) groups excluding carboxylic acids is 1. The predicted octanol–water partition coefficient (Wildman–Crippen LogP) is 1.52. The summed E-state index contributed by atoms with van der Waals surface area (Å²) in [6.45, 7) is 1.67. The van der Waals surface area contributed by atoms with Crippen LogP contribution in [0, 0.1) is 5.82 Å². The molecule has 0 bridgehead atoms. The fourth-order valence-corrected chi connectivity index (χ4v) is 4.19. The van der Waals surface area contributed by atoms with Crippen LogP contribution in [0.2, 0.25) is 0 Å². The Hall–Kier alpha value is -1.63. The van der Waals surface area contributed by atoms with E-state index < -0.39 is 27.2 Å². The highest BCUT2D eigenvalue weighted by molar-refractivity contribution is 7.91. The van der Waals surface area contributed by atoms with Gasteiger partial charge in [0.15, 0.2) is 9.84 Å². The van der Waals surface area contributed by atoms with Crippen molar-refractivity contribution in [1.82, 2.24) is 5.32 Å². The number of para-hydroxylation sites is 1. The number of nitrogens with one attached hydrogen (secondary N) is 2. The van der Waals surface area contributed by atoms with Gasteiger partial charge in [0.05, 0.1) is 22.7 Å². The molecule has 0 aromatic heterocycles. The number of carbonyl (C=O) groups is 1. The number of anilines is 1. The minimum absolute atomic E-state index is 0.0590. The Morgan fingerprint density at radius 2 is 2.05 bits per heavy atom. The van der Waals surface area contributed by atoms with Gasteiger partial charge in [-0.1, -0.05) is 12.1 Å². The lowest BCUT2D eigenvalue weighted by atomic mass is 10.0. The van der Waals surface area contributed by atoms with Crippen molar-refractivity contribution in [2.24, 2.45) is 0 Å². The molecule has 1 aliphatic rings. The number of rotatable bonds is 2. The number of hydrogen-bond donors (Lipinski definition) is 2. The second-order valence-electron chi connectivity index (χ2n) is 4.96. The average molecular weight is 286 g/mol. The molecule has 2 rings (SSSR count). The van der Waals surface area contributed by atoms with Crippen molar-refractivity contribution in [2.45, 2.75) is 18.9 Å². The molecule has 0 saturated carbocycles. The third-order valence-electron chi connectivity index (χ3n) is 3.04. The Labute approximate surface area is 111 Å². The SMILES string of the molecule is CC1(NC(=O)Nc2ccccc2F)CCS(=O)(=O)C1. The normalized spacial score (nSPS) is 24.9. The number of amides is 2. The lowest BCUT2D eigenvalue weighted by molar-refractivity contribution is 0.242. The molecule has 0 aliphatic carbocycles. The van der Waals surface area contributed by atoms with Gasteiger partial charge in [0.2, 0.25) is 0 Å². The monoisotopic (exact) mass is 286 g/mol. The van der Waals surface area contributed by atoms with Crippen LogP contribution < -0.4 is 10.6 Å². The molecule has 5 nitrogen and oxygen atoms in total. The molecule has 1 aromatic rings. The smallest absolute Gasteiger partial charge is 0.319 e. The molecule has 104 valence electrons. The zero-order valence-electron chi connectivity index (χ0n) is 10.4. The molecule has 1 heterocycles. The summed E-state index contributed by atoms with van der Waals surface area (Å²) in [4.78, 5) is 11.8. The van der Waals surface area contributed by atoms with E-state index in [1.54, 1.807) is 13.0 Å². The number of benzene rings is 1. The van der Waals surface area contributed by atoms with Gasteiger partial charge in [-0.05, 0) is 25.5 Å². The highest BCUT2D eigenvalue weighted by atomic mass is 32.2. The summed E-state index contributed by atoms with van der Waals surface area (Å²) in [6.07, 6.45) is 0.361. The van der Waals surface area contributed by atoms with Crippen LogP contribution in [0.3, 0.4) is 0 Å². The predicted molar refractivity (Wildman–Crippen MR) is 70.2 cm³/mol. The topological polar surface area (TPSA) is 75.3 Å². The molecule has 7 heteroatoms. The number of sulfone groups is 1. The molecule has 0 radical (unpaired) electrons. The molecular weight excluding hydrogens is 271 g/mol. The van der Waals surface area contributed by atoms with Crippen molar-refractivity contribution in [3.8, 4) is 0 Å². The second kappa shape index (κ2) is 4.80. The van der Waals surface area contributed by atoms with Crippen LogP contribution in [-0.4, -0.2) is 31.5 Å². The zero-order chi connectivity index (χ0) is 14.1. The van der Waals surface area contributed by atoms with E-state index in [1.165, 1.54) is 18.2 Å². The molecule has 2 amide bonds. The van der Waals surface area contributed by atoms with Gasteiger partial charge >= 0.3 is 6.03 Å². The van der Waals surface area contributed by atoms with Crippen molar-refractivity contribution in [1.29, 1.82) is 0 Å². The minimum Gasteiger partial charge on any atom is -0.332 e. The number of hydrogen-bond acceptors (Lipinski definition) is 3. The first-order valence-corrected chi connectivity index (χ1v) is 7.66.